The SMILES string of the molecule is Cc1ccccc1CCNC(=O)COC(=O)CNC(=O)c1ccc(Cl)c([N+](=O)[O-])c1. The van der Waals surface area contributed by atoms with E-state index in [-0.39, 0.29) is 10.6 Å². The van der Waals surface area contributed by atoms with Crippen molar-refractivity contribution >= 4 is 35.1 Å². The Morgan fingerprint density at radius 2 is 1.87 bits per heavy atom. The molecule has 0 heterocycles. The minimum Gasteiger partial charge on any atom is -0.454 e. The standard InChI is InChI=1S/C20H20ClN3O6/c1-13-4-2-3-5-14(13)8-9-22-18(25)12-30-19(26)11-23-20(27)15-6-7-16(21)17(10-15)24(28)29/h2-7,10H,8-9,11-12H2,1H3,(H,22,25)(H,23,27). The Morgan fingerprint density at radius 3 is 2.57 bits per heavy atom. The van der Waals surface area contributed by atoms with E-state index >= 15 is 0 Å². The third-order valence-corrected chi connectivity index (χ3v) is 4.46. The number of hydrogen-bond acceptors (Lipinski definition) is 6. The van der Waals surface area contributed by atoms with E-state index in [0.717, 1.165) is 17.2 Å². The van der Waals surface area contributed by atoms with Crippen LogP contribution in [-0.4, -0.2) is 42.4 Å². The molecule has 10 heteroatoms. The topological polar surface area (TPSA) is 128 Å². The lowest BCUT2D eigenvalue weighted by Gasteiger charge is -2.09. The van der Waals surface area contributed by atoms with Crippen LogP contribution in [0.3, 0.4) is 0 Å². The van der Waals surface area contributed by atoms with Crippen LogP contribution in [0.1, 0.15) is 21.5 Å². The molecule has 0 unspecified atom stereocenters. The van der Waals surface area contributed by atoms with Gasteiger partial charge < -0.3 is 15.4 Å². The predicted molar refractivity (Wildman–Crippen MR) is 109 cm³/mol. The molecule has 9 nitrogen and oxygen atoms in total. The van der Waals surface area contributed by atoms with Gasteiger partial charge in [0.15, 0.2) is 6.61 Å². The molecule has 0 aliphatic carbocycles. The van der Waals surface area contributed by atoms with Gasteiger partial charge in [0.1, 0.15) is 11.6 Å². The van der Waals surface area contributed by atoms with Gasteiger partial charge >= 0.3 is 5.97 Å². The second-order valence-corrected chi connectivity index (χ2v) is 6.70. The highest BCUT2D eigenvalue weighted by Crippen LogP contribution is 2.24. The van der Waals surface area contributed by atoms with E-state index in [2.05, 4.69) is 10.6 Å². The van der Waals surface area contributed by atoms with Crippen molar-refractivity contribution in [2.24, 2.45) is 0 Å². The van der Waals surface area contributed by atoms with Crippen LogP contribution in [0.2, 0.25) is 5.02 Å². The van der Waals surface area contributed by atoms with Gasteiger partial charge in [-0.3, -0.25) is 24.5 Å². The Bertz CT molecular complexity index is 963. The van der Waals surface area contributed by atoms with Crippen molar-refractivity contribution in [2.45, 2.75) is 13.3 Å². The highest BCUT2D eigenvalue weighted by atomic mass is 35.5. The summed E-state index contributed by atoms with van der Waals surface area (Å²) in [4.78, 5) is 45.6. The van der Waals surface area contributed by atoms with Crippen LogP contribution in [-0.2, 0) is 20.7 Å². The van der Waals surface area contributed by atoms with Crippen LogP contribution >= 0.6 is 11.6 Å². The second kappa shape index (κ2) is 10.9. The summed E-state index contributed by atoms with van der Waals surface area (Å²) in [7, 11) is 0. The molecule has 2 amide bonds. The van der Waals surface area contributed by atoms with Crippen molar-refractivity contribution in [1.29, 1.82) is 0 Å². The number of nitro benzene ring substituents is 1. The van der Waals surface area contributed by atoms with E-state index in [9.17, 15) is 24.5 Å². The molecule has 0 radical (unpaired) electrons. The molecule has 2 aromatic carbocycles. The van der Waals surface area contributed by atoms with E-state index in [1.165, 1.54) is 12.1 Å². The highest BCUT2D eigenvalue weighted by Gasteiger charge is 2.17. The lowest BCUT2D eigenvalue weighted by atomic mass is 10.1. The molecule has 30 heavy (non-hydrogen) atoms. The zero-order valence-corrected chi connectivity index (χ0v) is 16.9. The van der Waals surface area contributed by atoms with Gasteiger partial charge in [0.2, 0.25) is 0 Å². The highest BCUT2D eigenvalue weighted by molar-refractivity contribution is 6.32. The van der Waals surface area contributed by atoms with Crippen LogP contribution < -0.4 is 10.6 Å². The third kappa shape index (κ3) is 6.85. The van der Waals surface area contributed by atoms with Gasteiger partial charge in [-0.1, -0.05) is 35.9 Å². The molecule has 0 bridgehead atoms. The Labute approximate surface area is 177 Å². The van der Waals surface area contributed by atoms with Gasteiger partial charge in [-0.2, -0.15) is 0 Å². The zero-order valence-electron chi connectivity index (χ0n) is 16.1. The molecule has 0 aliphatic rings. The lowest BCUT2D eigenvalue weighted by molar-refractivity contribution is -0.384. The quantitative estimate of drug-likeness (QED) is 0.354. The number of hydrogen-bond donors (Lipinski definition) is 2. The van der Waals surface area contributed by atoms with Crippen molar-refractivity contribution in [3.05, 3.63) is 74.3 Å². The molecule has 158 valence electrons. The van der Waals surface area contributed by atoms with E-state index in [4.69, 9.17) is 16.3 Å². The molecule has 2 aromatic rings. The third-order valence-electron chi connectivity index (χ3n) is 4.14. The molecule has 2 rings (SSSR count). The normalized spacial score (nSPS) is 10.2. The Balaban J connectivity index is 1.71. The summed E-state index contributed by atoms with van der Waals surface area (Å²) in [5.74, 6) is -1.99. The number of rotatable bonds is 9. The van der Waals surface area contributed by atoms with Gasteiger partial charge in [-0.15, -0.1) is 0 Å². The summed E-state index contributed by atoms with van der Waals surface area (Å²) < 4.78 is 4.80. The Morgan fingerprint density at radius 1 is 1.13 bits per heavy atom. The maximum absolute atomic E-state index is 12.0. The monoisotopic (exact) mass is 433 g/mol. The van der Waals surface area contributed by atoms with E-state index in [1.807, 2.05) is 31.2 Å². The first kappa shape index (κ1) is 22.8. The van der Waals surface area contributed by atoms with Crippen LogP contribution in [0.25, 0.3) is 0 Å². The van der Waals surface area contributed by atoms with E-state index in [0.29, 0.717) is 13.0 Å². The van der Waals surface area contributed by atoms with Gasteiger partial charge in [0.05, 0.1) is 4.92 Å². The van der Waals surface area contributed by atoms with Crippen LogP contribution in [0, 0.1) is 17.0 Å². The fourth-order valence-electron chi connectivity index (χ4n) is 2.52. The van der Waals surface area contributed by atoms with Crippen molar-refractivity contribution in [2.75, 3.05) is 19.7 Å². The summed E-state index contributed by atoms with van der Waals surface area (Å²) in [6.07, 6.45) is 0.648. The minimum atomic E-state index is -0.819. The summed E-state index contributed by atoms with van der Waals surface area (Å²) in [6, 6.07) is 11.3. The number of carbonyl (C=O) groups excluding carboxylic acids is 3. The number of carbonyl (C=O) groups is 3. The van der Waals surface area contributed by atoms with Crippen molar-refractivity contribution in [3.8, 4) is 0 Å². The summed E-state index contributed by atoms with van der Waals surface area (Å²) in [6.45, 7) is 1.41. The molecular formula is C20H20ClN3O6. The average Bonchev–Trinajstić information content (AvgIpc) is 2.72. The van der Waals surface area contributed by atoms with E-state index < -0.39 is 41.5 Å². The number of esters is 1. The largest absolute Gasteiger partial charge is 0.454 e. The fraction of sp³-hybridized carbons (Fsp3) is 0.250. The molecular weight excluding hydrogens is 414 g/mol. The maximum Gasteiger partial charge on any atom is 0.325 e. The Kier molecular flexibility index (Phi) is 8.30. The van der Waals surface area contributed by atoms with Crippen molar-refractivity contribution in [3.63, 3.8) is 0 Å². The molecule has 0 saturated carbocycles. The van der Waals surface area contributed by atoms with Crippen molar-refractivity contribution < 1.29 is 24.0 Å². The van der Waals surface area contributed by atoms with Gasteiger partial charge in [0, 0.05) is 18.2 Å². The molecule has 0 saturated heterocycles. The first-order chi connectivity index (χ1) is 14.3. The number of nitrogens with zero attached hydrogens (tertiary/aromatic N) is 1. The molecule has 0 atom stereocenters. The summed E-state index contributed by atoms with van der Waals surface area (Å²) in [5.41, 5.74) is 1.78. The smallest absolute Gasteiger partial charge is 0.325 e. The molecule has 2 N–H and O–H groups in total. The van der Waals surface area contributed by atoms with E-state index in [1.54, 1.807) is 0 Å². The second-order valence-electron chi connectivity index (χ2n) is 6.29. The maximum atomic E-state index is 12.0. The number of ether oxygens (including phenoxy) is 1. The number of aryl methyl sites for hydroxylation is 1. The molecule has 0 fully saturated rings. The molecule has 0 spiro atoms. The van der Waals surface area contributed by atoms with Gasteiger partial charge in [0.25, 0.3) is 17.5 Å². The first-order valence-corrected chi connectivity index (χ1v) is 9.34. The number of amides is 2. The van der Waals surface area contributed by atoms with Crippen LogP contribution in [0.5, 0.6) is 0 Å². The molecule has 0 aromatic heterocycles. The molecule has 0 aliphatic heterocycles. The number of nitrogens with one attached hydrogen (secondary N) is 2. The fourth-order valence-corrected chi connectivity index (χ4v) is 2.71. The number of benzene rings is 2. The minimum absolute atomic E-state index is 0.0344. The van der Waals surface area contributed by atoms with Crippen LogP contribution in [0.15, 0.2) is 42.5 Å². The number of halogens is 1. The lowest BCUT2D eigenvalue weighted by Crippen LogP contribution is -2.34. The average molecular weight is 434 g/mol. The zero-order chi connectivity index (χ0) is 22.1. The number of nitro groups is 1. The van der Waals surface area contributed by atoms with Gasteiger partial charge in [-0.25, -0.2) is 0 Å². The summed E-state index contributed by atoms with van der Waals surface area (Å²) >= 11 is 5.69. The van der Waals surface area contributed by atoms with Crippen molar-refractivity contribution in [1.82, 2.24) is 10.6 Å². The van der Waals surface area contributed by atoms with Crippen LogP contribution in [0.4, 0.5) is 5.69 Å². The van der Waals surface area contributed by atoms with Gasteiger partial charge in [-0.05, 0) is 36.6 Å². The summed E-state index contributed by atoms with van der Waals surface area (Å²) in [5, 5.41) is 15.7. The predicted octanol–water partition coefficient (Wildman–Crippen LogP) is 2.19. The first-order valence-electron chi connectivity index (χ1n) is 8.97. The Hall–Kier alpha value is -3.46.